The molecule has 0 aromatic heterocycles. The lowest BCUT2D eigenvalue weighted by atomic mass is 9.95. The van der Waals surface area contributed by atoms with Crippen LogP contribution in [0.15, 0.2) is 83.8 Å². The monoisotopic (exact) mass is 448 g/mol. The second kappa shape index (κ2) is 9.67. The molecular weight excluding hydrogens is 420 g/mol. The number of nitrogens with zero attached hydrogens (tertiary/aromatic N) is 1. The van der Waals surface area contributed by atoms with Gasteiger partial charge in [-0.2, -0.15) is 4.31 Å². The molecule has 0 fully saturated rings. The van der Waals surface area contributed by atoms with Crippen molar-refractivity contribution in [2.45, 2.75) is 43.7 Å². The molecule has 1 heterocycles. The molecule has 0 saturated carbocycles. The van der Waals surface area contributed by atoms with E-state index >= 15 is 0 Å². The lowest BCUT2D eigenvalue weighted by Crippen LogP contribution is -2.52. The number of aryl methyl sites for hydroxylation is 2. The molecule has 1 aliphatic rings. The third-order valence-electron chi connectivity index (χ3n) is 5.89. The van der Waals surface area contributed by atoms with Gasteiger partial charge in [-0.05, 0) is 60.6 Å². The standard InChI is InChI=1S/C26H28N2O3S/c1-20-9-7-15-24(17-20)32(30,31)28-19-23-14-6-5-13-22(23)18-25(28)26(29)27-16-8-12-21-10-3-2-4-11-21/h2-7,9-11,13-15,17,25H,8,12,16,18-19H2,1H3,(H,27,29)/t25-/m0/s1. The van der Waals surface area contributed by atoms with Crippen LogP contribution in [0, 0.1) is 6.92 Å². The van der Waals surface area contributed by atoms with Crippen LogP contribution in [0.2, 0.25) is 0 Å². The smallest absolute Gasteiger partial charge is 0.244 e. The van der Waals surface area contributed by atoms with Crippen molar-refractivity contribution in [3.05, 3.63) is 101 Å². The number of amides is 1. The molecule has 32 heavy (non-hydrogen) atoms. The first-order valence-electron chi connectivity index (χ1n) is 10.9. The Morgan fingerprint density at radius 1 is 0.969 bits per heavy atom. The van der Waals surface area contributed by atoms with E-state index < -0.39 is 16.1 Å². The van der Waals surface area contributed by atoms with Crippen molar-refractivity contribution in [1.82, 2.24) is 9.62 Å². The second-order valence-corrected chi connectivity index (χ2v) is 10.1. The highest BCUT2D eigenvalue weighted by atomic mass is 32.2. The Balaban J connectivity index is 1.53. The fourth-order valence-corrected chi connectivity index (χ4v) is 5.82. The lowest BCUT2D eigenvalue weighted by molar-refractivity contribution is -0.125. The predicted molar refractivity (Wildman–Crippen MR) is 126 cm³/mol. The summed E-state index contributed by atoms with van der Waals surface area (Å²) in [5.41, 5.74) is 4.05. The predicted octanol–water partition coefficient (Wildman–Crippen LogP) is 3.86. The Labute approximate surface area is 190 Å². The molecule has 0 radical (unpaired) electrons. The zero-order valence-electron chi connectivity index (χ0n) is 18.2. The van der Waals surface area contributed by atoms with Gasteiger partial charge in [-0.15, -0.1) is 0 Å². The molecule has 0 unspecified atom stereocenters. The summed E-state index contributed by atoms with van der Waals surface area (Å²) in [4.78, 5) is 13.4. The summed E-state index contributed by atoms with van der Waals surface area (Å²) in [6.07, 6.45) is 2.02. The summed E-state index contributed by atoms with van der Waals surface area (Å²) in [6.45, 7) is 2.56. The van der Waals surface area contributed by atoms with Gasteiger partial charge in [-0.25, -0.2) is 8.42 Å². The molecule has 0 bridgehead atoms. The van der Waals surface area contributed by atoms with Gasteiger partial charge in [0.25, 0.3) is 0 Å². The lowest BCUT2D eigenvalue weighted by Gasteiger charge is -2.35. The maximum atomic E-state index is 13.5. The average molecular weight is 449 g/mol. The highest BCUT2D eigenvalue weighted by Gasteiger charge is 2.39. The van der Waals surface area contributed by atoms with Crippen molar-refractivity contribution >= 4 is 15.9 Å². The van der Waals surface area contributed by atoms with Crippen molar-refractivity contribution in [1.29, 1.82) is 0 Å². The van der Waals surface area contributed by atoms with Gasteiger partial charge < -0.3 is 5.32 Å². The van der Waals surface area contributed by atoms with Gasteiger partial charge in [-0.1, -0.05) is 66.7 Å². The Morgan fingerprint density at radius 3 is 2.44 bits per heavy atom. The molecule has 166 valence electrons. The maximum Gasteiger partial charge on any atom is 0.244 e. The number of sulfonamides is 1. The summed E-state index contributed by atoms with van der Waals surface area (Å²) in [6, 6.07) is 23.9. The van der Waals surface area contributed by atoms with Gasteiger partial charge in [0, 0.05) is 13.1 Å². The van der Waals surface area contributed by atoms with E-state index in [1.807, 2.05) is 55.5 Å². The number of rotatable bonds is 7. The van der Waals surface area contributed by atoms with E-state index in [1.54, 1.807) is 18.2 Å². The van der Waals surface area contributed by atoms with Crippen LogP contribution >= 0.6 is 0 Å². The largest absolute Gasteiger partial charge is 0.355 e. The van der Waals surface area contributed by atoms with Crippen molar-refractivity contribution in [3.63, 3.8) is 0 Å². The Morgan fingerprint density at radius 2 is 1.69 bits per heavy atom. The molecule has 3 aromatic rings. The van der Waals surface area contributed by atoms with Crippen LogP contribution in [0.5, 0.6) is 0 Å². The minimum absolute atomic E-state index is 0.189. The summed E-state index contributed by atoms with van der Waals surface area (Å²) >= 11 is 0. The van der Waals surface area contributed by atoms with Crippen LogP contribution in [0.3, 0.4) is 0 Å². The number of benzene rings is 3. The topological polar surface area (TPSA) is 66.5 Å². The molecule has 4 rings (SSSR count). The molecule has 1 aliphatic heterocycles. The van der Waals surface area contributed by atoms with E-state index in [-0.39, 0.29) is 17.3 Å². The third-order valence-corrected chi connectivity index (χ3v) is 7.74. The van der Waals surface area contributed by atoms with Crippen LogP contribution in [-0.4, -0.2) is 31.2 Å². The number of carbonyl (C=O) groups is 1. The molecule has 1 N–H and O–H groups in total. The Bertz CT molecular complexity index is 1190. The number of hydrogen-bond acceptors (Lipinski definition) is 3. The van der Waals surface area contributed by atoms with E-state index in [4.69, 9.17) is 0 Å². The van der Waals surface area contributed by atoms with Crippen molar-refractivity contribution in [2.24, 2.45) is 0 Å². The molecule has 5 nitrogen and oxygen atoms in total. The van der Waals surface area contributed by atoms with E-state index in [9.17, 15) is 13.2 Å². The SMILES string of the molecule is Cc1cccc(S(=O)(=O)N2Cc3ccccc3C[C@H]2C(=O)NCCCc2ccccc2)c1. The first-order chi connectivity index (χ1) is 15.4. The number of carbonyl (C=O) groups excluding carboxylic acids is 1. The zero-order valence-corrected chi connectivity index (χ0v) is 19.0. The van der Waals surface area contributed by atoms with Crippen LogP contribution < -0.4 is 5.32 Å². The molecule has 1 amide bonds. The minimum Gasteiger partial charge on any atom is -0.355 e. The minimum atomic E-state index is -3.82. The van der Waals surface area contributed by atoms with Crippen molar-refractivity contribution in [2.75, 3.05) is 6.54 Å². The molecular formula is C26H28N2O3S. The first kappa shape index (κ1) is 22.2. The third kappa shape index (κ3) is 4.92. The van der Waals surface area contributed by atoms with Crippen LogP contribution in [-0.2, 0) is 34.2 Å². The average Bonchev–Trinajstić information content (AvgIpc) is 2.81. The van der Waals surface area contributed by atoms with E-state index in [1.165, 1.54) is 9.87 Å². The van der Waals surface area contributed by atoms with Crippen LogP contribution in [0.1, 0.15) is 28.7 Å². The van der Waals surface area contributed by atoms with Crippen LogP contribution in [0.25, 0.3) is 0 Å². The second-order valence-electron chi connectivity index (χ2n) is 8.24. The number of fused-ring (bicyclic) bond motifs is 1. The highest BCUT2D eigenvalue weighted by molar-refractivity contribution is 7.89. The fourth-order valence-electron chi connectivity index (χ4n) is 4.15. The van der Waals surface area contributed by atoms with Gasteiger partial charge in [0.1, 0.15) is 6.04 Å². The van der Waals surface area contributed by atoms with E-state index in [0.717, 1.165) is 29.5 Å². The summed E-state index contributed by atoms with van der Waals surface area (Å²) < 4.78 is 28.4. The van der Waals surface area contributed by atoms with Gasteiger partial charge in [0.2, 0.25) is 15.9 Å². The molecule has 3 aromatic carbocycles. The molecule has 1 atom stereocenters. The number of nitrogens with one attached hydrogen (secondary N) is 1. The molecule has 6 heteroatoms. The summed E-state index contributed by atoms with van der Waals surface area (Å²) in [7, 11) is -3.82. The molecule has 0 saturated heterocycles. The normalized spacial score (nSPS) is 16.3. The Kier molecular flexibility index (Phi) is 6.72. The quantitative estimate of drug-likeness (QED) is 0.558. The Hall–Kier alpha value is -2.96. The summed E-state index contributed by atoms with van der Waals surface area (Å²) in [5.74, 6) is -0.246. The van der Waals surface area contributed by atoms with Crippen LogP contribution in [0.4, 0.5) is 0 Å². The molecule has 0 spiro atoms. The van der Waals surface area contributed by atoms with Gasteiger partial charge in [0.05, 0.1) is 4.90 Å². The van der Waals surface area contributed by atoms with Gasteiger partial charge in [-0.3, -0.25) is 4.79 Å². The maximum absolute atomic E-state index is 13.5. The number of hydrogen-bond donors (Lipinski definition) is 1. The summed E-state index contributed by atoms with van der Waals surface area (Å²) in [5, 5.41) is 2.97. The zero-order chi connectivity index (χ0) is 22.6. The highest BCUT2D eigenvalue weighted by Crippen LogP contribution is 2.29. The van der Waals surface area contributed by atoms with E-state index in [2.05, 4.69) is 17.4 Å². The van der Waals surface area contributed by atoms with Crippen molar-refractivity contribution in [3.8, 4) is 0 Å². The van der Waals surface area contributed by atoms with E-state index in [0.29, 0.717) is 13.0 Å². The first-order valence-corrected chi connectivity index (χ1v) is 12.4. The molecule has 0 aliphatic carbocycles. The fraction of sp³-hybridized carbons (Fsp3) is 0.269. The van der Waals surface area contributed by atoms with Crippen molar-refractivity contribution < 1.29 is 13.2 Å². The van der Waals surface area contributed by atoms with Gasteiger partial charge >= 0.3 is 0 Å². The van der Waals surface area contributed by atoms with Gasteiger partial charge in [0.15, 0.2) is 0 Å².